The molecule has 2 aromatic rings. The largest absolute Gasteiger partial charge is 0.446 e. The number of nitrogens with one attached hydrogen (secondary N) is 1. The van der Waals surface area contributed by atoms with Gasteiger partial charge >= 0.3 is 5.51 Å². The quantitative estimate of drug-likeness (QED) is 0.435. The van der Waals surface area contributed by atoms with Crippen molar-refractivity contribution in [2.24, 2.45) is 0 Å². The van der Waals surface area contributed by atoms with Crippen molar-refractivity contribution in [2.75, 3.05) is 11.1 Å². The maximum absolute atomic E-state index is 12.4. The SMILES string of the molecule is O=C(CS(=O)(=O)c1ccccc1[N+](=O)[O-])Nc1cccc(SC(F)(F)F)c1. The number of benzene rings is 2. The number of carbonyl (C=O) groups is 1. The number of hydrogen-bond acceptors (Lipinski definition) is 6. The molecule has 0 aliphatic heterocycles. The average Bonchev–Trinajstić information content (AvgIpc) is 2.52. The van der Waals surface area contributed by atoms with E-state index in [1.807, 2.05) is 0 Å². The zero-order chi connectivity index (χ0) is 20.2. The van der Waals surface area contributed by atoms with Crippen molar-refractivity contribution in [3.05, 3.63) is 58.6 Å². The monoisotopic (exact) mass is 420 g/mol. The summed E-state index contributed by atoms with van der Waals surface area (Å²) in [7, 11) is -4.33. The van der Waals surface area contributed by atoms with Gasteiger partial charge in [-0.2, -0.15) is 13.2 Å². The molecule has 0 fully saturated rings. The predicted molar refractivity (Wildman–Crippen MR) is 92.1 cm³/mol. The van der Waals surface area contributed by atoms with Gasteiger partial charge in [0.15, 0.2) is 9.84 Å². The second-order valence-electron chi connectivity index (χ2n) is 5.11. The highest BCUT2D eigenvalue weighted by Crippen LogP contribution is 2.37. The first kappa shape index (κ1) is 20.7. The Kier molecular flexibility index (Phi) is 6.11. The molecule has 0 spiro atoms. The number of thioether (sulfide) groups is 1. The highest BCUT2D eigenvalue weighted by molar-refractivity contribution is 8.00. The normalized spacial score (nSPS) is 11.8. The van der Waals surface area contributed by atoms with Crippen LogP contribution in [-0.4, -0.2) is 30.5 Å². The molecule has 12 heteroatoms. The summed E-state index contributed by atoms with van der Waals surface area (Å²) in [5.74, 6) is -2.14. The minimum atomic E-state index is -4.52. The molecule has 144 valence electrons. The van der Waals surface area contributed by atoms with Crippen LogP contribution in [0.15, 0.2) is 58.3 Å². The van der Waals surface area contributed by atoms with Crippen LogP contribution in [0.3, 0.4) is 0 Å². The number of nitro benzene ring substituents is 1. The molecule has 0 aliphatic carbocycles. The summed E-state index contributed by atoms with van der Waals surface area (Å²) < 4.78 is 61.8. The molecule has 0 saturated heterocycles. The van der Waals surface area contributed by atoms with E-state index in [9.17, 15) is 36.5 Å². The molecule has 1 N–H and O–H groups in total. The van der Waals surface area contributed by atoms with Crippen LogP contribution in [0.25, 0.3) is 0 Å². The van der Waals surface area contributed by atoms with Gasteiger partial charge in [0.2, 0.25) is 5.91 Å². The van der Waals surface area contributed by atoms with Crippen LogP contribution in [0.1, 0.15) is 0 Å². The number of hydrogen-bond donors (Lipinski definition) is 1. The lowest BCUT2D eigenvalue weighted by atomic mass is 10.3. The molecule has 1 amide bonds. The van der Waals surface area contributed by atoms with Gasteiger partial charge in [-0.1, -0.05) is 18.2 Å². The second kappa shape index (κ2) is 7.96. The van der Waals surface area contributed by atoms with E-state index in [0.717, 1.165) is 18.2 Å². The molecule has 0 saturated carbocycles. The minimum Gasteiger partial charge on any atom is -0.325 e. The van der Waals surface area contributed by atoms with Gasteiger partial charge in [-0.15, -0.1) is 0 Å². The Labute approximate surface area is 155 Å². The molecular formula is C15H11F3N2O5S2. The number of nitrogens with zero attached hydrogens (tertiary/aromatic N) is 1. The van der Waals surface area contributed by atoms with Gasteiger partial charge in [0.25, 0.3) is 5.69 Å². The first-order valence-corrected chi connectivity index (χ1v) is 9.57. The lowest BCUT2D eigenvalue weighted by molar-refractivity contribution is -0.387. The van der Waals surface area contributed by atoms with E-state index < -0.39 is 42.5 Å². The van der Waals surface area contributed by atoms with Gasteiger partial charge in [-0.05, 0) is 36.0 Å². The minimum absolute atomic E-state index is 0.0352. The standard InChI is InChI=1S/C15H11F3N2O5S2/c16-15(17,18)26-11-5-3-4-10(8-11)19-14(21)9-27(24,25)13-7-2-1-6-12(13)20(22)23/h1-8H,9H2,(H,19,21). The van der Waals surface area contributed by atoms with Crippen LogP contribution >= 0.6 is 11.8 Å². The third kappa shape index (κ3) is 5.96. The van der Waals surface area contributed by atoms with E-state index in [2.05, 4.69) is 5.32 Å². The van der Waals surface area contributed by atoms with E-state index in [1.165, 1.54) is 30.3 Å². The van der Waals surface area contributed by atoms with E-state index in [0.29, 0.717) is 0 Å². The maximum atomic E-state index is 12.4. The summed E-state index contributed by atoms with van der Waals surface area (Å²) in [4.78, 5) is 21.2. The van der Waals surface area contributed by atoms with Gasteiger partial charge in [0.1, 0.15) is 10.6 Å². The maximum Gasteiger partial charge on any atom is 0.446 e. The molecule has 0 aromatic heterocycles. The fourth-order valence-corrected chi connectivity index (χ4v) is 4.01. The molecule has 0 unspecified atom stereocenters. The molecule has 0 heterocycles. The van der Waals surface area contributed by atoms with E-state index in [-0.39, 0.29) is 22.3 Å². The summed E-state index contributed by atoms with van der Waals surface area (Å²) >= 11 is -0.387. The third-order valence-corrected chi connectivity index (χ3v) is 5.45. The van der Waals surface area contributed by atoms with Crippen molar-refractivity contribution in [3.63, 3.8) is 0 Å². The summed E-state index contributed by atoms with van der Waals surface area (Å²) in [6.07, 6.45) is 0. The number of amides is 1. The molecule has 2 rings (SSSR count). The molecule has 0 atom stereocenters. The van der Waals surface area contributed by atoms with Gasteiger partial charge in [0.05, 0.1) is 4.92 Å². The van der Waals surface area contributed by atoms with E-state index in [1.54, 1.807) is 0 Å². The van der Waals surface area contributed by atoms with Gasteiger partial charge < -0.3 is 5.32 Å². The van der Waals surface area contributed by atoms with Crippen molar-refractivity contribution >= 4 is 38.9 Å². The Morgan fingerprint density at radius 3 is 2.44 bits per heavy atom. The first-order valence-electron chi connectivity index (χ1n) is 7.10. The molecular weight excluding hydrogens is 409 g/mol. The Hall–Kier alpha value is -2.60. The molecule has 0 bridgehead atoms. The van der Waals surface area contributed by atoms with Crippen molar-refractivity contribution in [3.8, 4) is 0 Å². The second-order valence-corrected chi connectivity index (χ2v) is 8.20. The number of rotatable bonds is 6. The lowest BCUT2D eigenvalue weighted by Gasteiger charge is -2.09. The lowest BCUT2D eigenvalue weighted by Crippen LogP contribution is -2.23. The number of nitro groups is 1. The highest BCUT2D eigenvalue weighted by atomic mass is 32.2. The van der Waals surface area contributed by atoms with Gasteiger partial charge in [-0.25, -0.2) is 8.42 Å². The highest BCUT2D eigenvalue weighted by Gasteiger charge is 2.30. The topological polar surface area (TPSA) is 106 Å². The molecule has 0 radical (unpaired) electrons. The van der Waals surface area contributed by atoms with Crippen molar-refractivity contribution < 1.29 is 31.3 Å². The van der Waals surface area contributed by atoms with Crippen molar-refractivity contribution in [1.82, 2.24) is 0 Å². The third-order valence-electron chi connectivity index (χ3n) is 3.07. The summed E-state index contributed by atoms with van der Waals surface area (Å²) in [5.41, 5.74) is -5.22. The number of carbonyl (C=O) groups excluding carboxylic acids is 1. The Morgan fingerprint density at radius 2 is 1.81 bits per heavy atom. The zero-order valence-corrected chi connectivity index (χ0v) is 14.9. The predicted octanol–water partition coefficient (Wildman–Crippen LogP) is 3.62. The number of alkyl halides is 3. The van der Waals surface area contributed by atoms with Gasteiger partial charge in [0, 0.05) is 16.6 Å². The Morgan fingerprint density at radius 1 is 1.15 bits per heavy atom. The zero-order valence-electron chi connectivity index (χ0n) is 13.3. The van der Waals surface area contributed by atoms with Gasteiger partial charge in [-0.3, -0.25) is 14.9 Å². The van der Waals surface area contributed by atoms with Crippen molar-refractivity contribution in [1.29, 1.82) is 0 Å². The van der Waals surface area contributed by atoms with Crippen LogP contribution in [-0.2, 0) is 14.6 Å². The Balaban J connectivity index is 2.16. The van der Waals surface area contributed by atoms with Crippen LogP contribution < -0.4 is 5.32 Å². The van der Waals surface area contributed by atoms with Crippen LogP contribution in [0.4, 0.5) is 24.5 Å². The summed E-state index contributed by atoms with van der Waals surface area (Å²) in [5, 5.41) is 13.1. The molecule has 0 aliphatic rings. The summed E-state index contributed by atoms with van der Waals surface area (Å²) in [6, 6.07) is 9.31. The van der Waals surface area contributed by atoms with Crippen LogP contribution in [0, 0.1) is 10.1 Å². The first-order chi connectivity index (χ1) is 12.5. The van der Waals surface area contributed by atoms with Crippen LogP contribution in [0.2, 0.25) is 0 Å². The van der Waals surface area contributed by atoms with E-state index >= 15 is 0 Å². The molecule has 7 nitrogen and oxygen atoms in total. The van der Waals surface area contributed by atoms with Crippen LogP contribution in [0.5, 0.6) is 0 Å². The smallest absolute Gasteiger partial charge is 0.325 e. The fourth-order valence-electron chi connectivity index (χ4n) is 2.09. The number of anilines is 1. The average molecular weight is 420 g/mol. The fraction of sp³-hybridized carbons (Fsp3) is 0.133. The van der Waals surface area contributed by atoms with Crippen molar-refractivity contribution in [2.45, 2.75) is 15.3 Å². The Bertz CT molecular complexity index is 977. The number of sulfone groups is 1. The van der Waals surface area contributed by atoms with E-state index in [4.69, 9.17) is 0 Å². The summed E-state index contributed by atoms with van der Waals surface area (Å²) in [6.45, 7) is 0. The molecule has 27 heavy (non-hydrogen) atoms. The number of halogens is 3. The number of para-hydroxylation sites is 1. The molecule has 2 aromatic carbocycles.